The lowest BCUT2D eigenvalue weighted by atomic mass is 10.2. The fourth-order valence-electron chi connectivity index (χ4n) is 1.62. The molecule has 0 fully saturated rings. The van der Waals surface area contributed by atoms with Crippen molar-refractivity contribution in [3.05, 3.63) is 36.0 Å². The van der Waals surface area contributed by atoms with Gasteiger partial charge in [-0.25, -0.2) is 0 Å². The van der Waals surface area contributed by atoms with E-state index in [0.717, 1.165) is 29.3 Å². The van der Waals surface area contributed by atoms with Crippen molar-refractivity contribution in [3.8, 4) is 0 Å². The number of benzene rings is 1. The number of aromatic nitrogens is 2. The van der Waals surface area contributed by atoms with Crippen LogP contribution in [0.3, 0.4) is 0 Å². The van der Waals surface area contributed by atoms with Crippen LogP contribution in [-0.4, -0.2) is 10.2 Å². The first-order valence-electron chi connectivity index (χ1n) is 4.55. The molecule has 0 radical (unpaired) electrons. The van der Waals surface area contributed by atoms with Gasteiger partial charge < -0.3 is 10.6 Å². The van der Waals surface area contributed by atoms with E-state index in [1.807, 2.05) is 24.4 Å². The Bertz CT molecular complexity index is 461. The molecule has 0 bridgehead atoms. The Labute approximate surface area is 81.3 Å². The maximum Gasteiger partial charge on any atom is 0.130 e. The van der Waals surface area contributed by atoms with Gasteiger partial charge in [0.25, 0.3) is 0 Å². The minimum Gasteiger partial charge on any atom is -0.379 e. The zero-order valence-electron chi connectivity index (χ0n) is 7.54. The van der Waals surface area contributed by atoms with Crippen LogP contribution in [-0.2, 0) is 6.54 Å². The van der Waals surface area contributed by atoms with E-state index in [1.54, 1.807) is 0 Å². The summed E-state index contributed by atoms with van der Waals surface area (Å²) in [5, 5.41) is 13.6. The standard InChI is InChI=1S/C10H10N4/c1-2-4-9-8(3-1)11-5-7-6-12-14-10(7)13-9/h1-4,6,11H,5H2,(H2,12,13,14). The molecule has 3 N–H and O–H groups in total. The molecule has 70 valence electrons. The lowest BCUT2D eigenvalue weighted by Crippen LogP contribution is -1.95. The largest absolute Gasteiger partial charge is 0.379 e. The number of para-hydroxylation sites is 2. The zero-order chi connectivity index (χ0) is 9.38. The summed E-state index contributed by atoms with van der Waals surface area (Å²) in [4.78, 5) is 0. The normalized spacial score (nSPS) is 13.1. The Morgan fingerprint density at radius 1 is 1.14 bits per heavy atom. The molecule has 0 spiro atoms. The third-order valence-corrected chi connectivity index (χ3v) is 2.37. The van der Waals surface area contributed by atoms with Crippen LogP contribution in [0.25, 0.3) is 0 Å². The second-order valence-electron chi connectivity index (χ2n) is 3.29. The van der Waals surface area contributed by atoms with E-state index in [-0.39, 0.29) is 0 Å². The topological polar surface area (TPSA) is 52.7 Å². The highest BCUT2D eigenvalue weighted by molar-refractivity contribution is 5.76. The van der Waals surface area contributed by atoms with Crippen molar-refractivity contribution in [3.63, 3.8) is 0 Å². The maximum absolute atomic E-state index is 3.99. The molecule has 4 nitrogen and oxygen atoms in total. The minimum atomic E-state index is 0.801. The Hall–Kier alpha value is -1.97. The van der Waals surface area contributed by atoms with E-state index in [4.69, 9.17) is 0 Å². The summed E-state index contributed by atoms with van der Waals surface area (Å²) in [6.07, 6.45) is 1.83. The zero-order valence-corrected chi connectivity index (χ0v) is 7.54. The Kier molecular flexibility index (Phi) is 1.47. The van der Waals surface area contributed by atoms with Crippen molar-refractivity contribution in [2.24, 2.45) is 0 Å². The molecule has 4 heteroatoms. The van der Waals surface area contributed by atoms with Crippen LogP contribution in [0.2, 0.25) is 0 Å². The molecule has 1 aliphatic heterocycles. The monoisotopic (exact) mass is 186 g/mol. The van der Waals surface area contributed by atoms with Gasteiger partial charge in [0.05, 0.1) is 17.6 Å². The number of anilines is 3. The number of nitrogens with one attached hydrogen (secondary N) is 3. The maximum atomic E-state index is 3.99. The Morgan fingerprint density at radius 3 is 2.93 bits per heavy atom. The molecule has 0 aliphatic carbocycles. The third-order valence-electron chi connectivity index (χ3n) is 2.37. The molecule has 2 aromatic rings. The number of nitrogens with zero attached hydrogens (tertiary/aromatic N) is 1. The summed E-state index contributed by atoms with van der Waals surface area (Å²) in [6, 6.07) is 8.13. The van der Waals surface area contributed by atoms with Crippen LogP contribution in [0.5, 0.6) is 0 Å². The highest BCUT2D eigenvalue weighted by Crippen LogP contribution is 2.29. The molecule has 0 saturated carbocycles. The van der Waals surface area contributed by atoms with Crippen molar-refractivity contribution in [2.45, 2.75) is 6.54 Å². The minimum absolute atomic E-state index is 0.801. The lowest BCUT2D eigenvalue weighted by Gasteiger charge is -2.06. The van der Waals surface area contributed by atoms with Gasteiger partial charge in [-0.1, -0.05) is 12.1 Å². The van der Waals surface area contributed by atoms with Crippen molar-refractivity contribution in [1.82, 2.24) is 10.2 Å². The number of hydrogen-bond acceptors (Lipinski definition) is 3. The predicted octanol–water partition coefficient (Wildman–Crippen LogP) is 2.08. The molecule has 1 aromatic heterocycles. The summed E-state index contributed by atoms with van der Waals surface area (Å²) in [5.41, 5.74) is 3.36. The number of aromatic amines is 1. The fraction of sp³-hybridized carbons (Fsp3) is 0.100. The predicted molar refractivity (Wildman–Crippen MR) is 55.6 cm³/mol. The first kappa shape index (κ1) is 7.44. The second kappa shape index (κ2) is 2.77. The molecule has 0 amide bonds. The third kappa shape index (κ3) is 1.04. The van der Waals surface area contributed by atoms with Crippen molar-refractivity contribution in [2.75, 3.05) is 10.6 Å². The van der Waals surface area contributed by atoms with E-state index in [2.05, 4.69) is 26.9 Å². The number of H-pyrrole nitrogens is 1. The van der Waals surface area contributed by atoms with Gasteiger partial charge in [-0.2, -0.15) is 5.10 Å². The second-order valence-corrected chi connectivity index (χ2v) is 3.29. The molecule has 3 rings (SSSR count). The van der Waals surface area contributed by atoms with E-state index in [0.29, 0.717) is 0 Å². The van der Waals surface area contributed by atoms with Gasteiger partial charge in [-0.3, -0.25) is 5.10 Å². The van der Waals surface area contributed by atoms with Crippen LogP contribution >= 0.6 is 0 Å². The van der Waals surface area contributed by atoms with Gasteiger partial charge in [-0.15, -0.1) is 0 Å². The molecule has 2 heterocycles. The average Bonchev–Trinajstić information content (AvgIpc) is 2.58. The first-order chi connectivity index (χ1) is 6.93. The molecule has 0 saturated heterocycles. The van der Waals surface area contributed by atoms with Gasteiger partial charge in [0.15, 0.2) is 0 Å². The summed E-state index contributed by atoms with van der Waals surface area (Å²) >= 11 is 0. The lowest BCUT2D eigenvalue weighted by molar-refractivity contribution is 1.09. The highest BCUT2D eigenvalue weighted by Gasteiger charge is 2.11. The van der Waals surface area contributed by atoms with Gasteiger partial charge in [0, 0.05) is 12.1 Å². The van der Waals surface area contributed by atoms with E-state index in [9.17, 15) is 0 Å². The van der Waals surface area contributed by atoms with Crippen LogP contribution in [0.4, 0.5) is 17.2 Å². The number of rotatable bonds is 0. The molecular formula is C10H10N4. The Balaban J connectivity index is 2.10. The van der Waals surface area contributed by atoms with Crippen molar-refractivity contribution < 1.29 is 0 Å². The fourth-order valence-corrected chi connectivity index (χ4v) is 1.62. The summed E-state index contributed by atoms with van der Waals surface area (Å²) in [5.74, 6) is 0.974. The van der Waals surface area contributed by atoms with E-state index < -0.39 is 0 Å². The summed E-state index contributed by atoms with van der Waals surface area (Å²) in [6.45, 7) is 0.801. The van der Waals surface area contributed by atoms with Crippen LogP contribution in [0, 0.1) is 0 Å². The molecule has 1 aromatic carbocycles. The van der Waals surface area contributed by atoms with Crippen LogP contribution in [0.15, 0.2) is 30.5 Å². The molecular weight excluding hydrogens is 176 g/mol. The number of hydrogen-bond donors (Lipinski definition) is 3. The Morgan fingerprint density at radius 2 is 2.00 bits per heavy atom. The summed E-state index contributed by atoms with van der Waals surface area (Å²) in [7, 11) is 0. The average molecular weight is 186 g/mol. The van der Waals surface area contributed by atoms with Crippen molar-refractivity contribution >= 4 is 17.2 Å². The van der Waals surface area contributed by atoms with Gasteiger partial charge in [-0.05, 0) is 12.1 Å². The molecule has 1 aliphatic rings. The van der Waals surface area contributed by atoms with Crippen LogP contribution in [0.1, 0.15) is 5.56 Å². The quantitative estimate of drug-likeness (QED) is 0.590. The van der Waals surface area contributed by atoms with Gasteiger partial charge in [0.2, 0.25) is 0 Å². The van der Waals surface area contributed by atoms with E-state index in [1.165, 1.54) is 0 Å². The van der Waals surface area contributed by atoms with Crippen LogP contribution < -0.4 is 10.6 Å². The molecule has 0 atom stereocenters. The first-order valence-corrected chi connectivity index (χ1v) is 4.55. The SMILES string of the molecule is c1ccc2c(c1)NCc1cn[nH]c1N2. The van der Waals surface area contributed by atoms with E-state index >= 15 is 0 Å². The summed E-state index contributed by atoms with van der Waals surface area (Å²) < 4.78 is 0. The van der Waals surface area contributed by atoms with Gasteiger partial charge in [0.1, 0.15) is 5.82 Å². The molecule has 14 heavy (non-hydrogen) atoms. The molecule has 0 unspecified atom stereocenters. The number of fused-ring (bicyclic) bond motifs is 2. The smallest absolute Gasteiger partial charge is 0.130 e. The highest BCUT2D eigenvalue weighted by atomic mass is 15.2. The van der Waals surface area contributed by atoms with Gasteiger partial charge >= 0.3 is 0 Å². The van der Waals surface area contributed by atoms with Crippen molar-refractivity contribution in [1.29, 1.82) is 0 Å².